The summed E-state index contributed by atoms with van der Waals surface area (Å²) in [6.07, 6.45) is 4.05. The molecule has 0 N–H and O–H groups in total. The molecule has 490 valence electrons. The lowest BCUT2D eigenvalue weighted by molar-refractivity contribution is 0.0263. The molecule has 2 heterocycles. The van der Waals surface area contributed by atoms with Gasteiger partial charge in [0.25, 0.3) is 0 Å². The quantitative estimate of drug-likeness (QED) is 0.0750. The van der Waals surface area contributed by atoms with E-state index in [-0.39, 0.29) is 21.7 Å². The van der Waals surface area contributed by atoms with Crippen molar-refractivity contribution in [2.75, 3.05) is 65.9 Å². The van der Waals surface area contributed by atoms with Crippen molar-refractivity contribution in [1.82, 2.24) is 0 Å². The minimum Gasteiger partial charge on any atom is -0.489 e. The van der Waals surface area contributed by atoms with Gasteiger partial charge in [-0.05, 0) is 157 Å². The fourth-order valence-corrected chi connectivity index (χ4v) is 17.7. The zero-order valence-corrected chi connectivity index (χ0v) is 60.5. The van der Waals surface area contributed by atoms with Gasteiger partial charge in [-0.1, -0.05) is 239 Å². The van der Waals surface area contributed by atoms with Gasteiger partial charge in [0.15, 0.2) is 0 Å². The summed E-state index contributed by atoms with van der Waals surface area (Å²) in [5.74, 6) is 3.12. The van der Waals surface area contributed by atoms with E-state index in [4.69, 9.17) is 38.4 Å². The van der Waals surface area contributed by atoms with Crippen LogP contribution in [0.3, 0.4) is 0 Å². The van der Waals surface area contributed by atoms with Gasteiger partial charge in [0.1, 0.15) is 49.4 Å². The number of benzene rings is 12. The van der Waals surface area contributed by atoms with Crippen LogP contribution in [0.1, 0.15) is 116 Å². The first-order valence-corrected chi connectivity index (χ1v) is 36.8. The lowest BCUT2D eigenvalue weighted by Crippen LogP contribution is -2.15. The highest BCUT2D eigenvalue weighted by molar-refractivity contribution is 8.01. The zero-order chi connectivity index (χ0) is 66.7. The van der Waals surface area contributed by atoms with Crippen molar-refractivity contribution in [2.45, 2.75) is 144 Å². The number of rotatable bonds is 10. The van der Waals surface area contributed by atoms with Crippen molar-refractivity contribution in [2.24, 2.45) is 9.98 Å². The summed E-state index contributed by atoms with van der Waals surface area (Å²) in [5, 5.41) is 15.0. The Kier molecular flexibility index (Phi) is 18.4. The van der Waals surface area contributed by atoms with Gasteiger partial charge >= 0.3 is 0 Å². The lowest BCUT2D eigenvalue weighted by atomic mass is 9.87. The molecule has 2 aliphatic rings. The molecule has 10 bridgehead atoms. The molecular formula is C84H84N2O6S4. The SMILES string of the molecule is CC(C)(C)c1cc2c(OCCN=Cc3ccc4ccc5cccc6ccc3c4c56)c(c1)Sc1cc(C(C)(C)C)cc3c1OCCOCCOCCOc1c(cc(C(C)(C)C)cc1Sc1cc(C(C)(C)C)cc(c1OCCN=Cc1ccc4ccc5cccc6ccc1c4c56)S3)S2. The molecule has 0 spiro atoms. The Balaban J connectivity index is 0.914. The van der Waals surface area contributed by atoms with Crippen molar-refractivity contribution in [3.8, 4) is 23.0 Å². The van der Waals surface area contributed by atoms with Crippen LogP contribution in [-0.4, -0.2) is 78.4 Å². The van der Waals surface area contributed by atoms with E-state index < -0.39 is 0 Å². The average Bonchev–Trinajstić information content (AvgIpc) is 0.757. The van der Waals surface area contributed by atoms with Crippen LogP contribution in [0.5, 0.6) is 23.0 Å². The Morgan fingerprint density at radius 1 is 0.344 bits per heavy atom. The third-order valence-electron chi connectivity index (χ3n) is 18.3. The Morgan fingerprint density at radius 3 is 0.948 bits per heavy atom. The lowest BCUT2D eigenvalue weighted by Gasteiger charge is -2.28. The zero-order valence-electron chi connectivity index (χ0n) is 57.2. The third kappa shape index (κ3) is 13.6. The number of nitrogens with zero attached hydrogens (tertiary/aromatic N) is 2. The topological polar surface area (TPSA) is 80.1 Å². The van der Waals surface area contributed by atoms with Crippen LogP contribution < -0.4 is 18.9 Å². The van der Waals surface area contributed by atoms with Crippen molar-refractivity contribution in [1.29, 1.82) is 0 Å². The number of hydrogen-bond donors (Lipinski definition) is 0. The van der Waals surface area contributed by atoms with Gasteiger partial charge < -0.3 is 28.4 Å². The Bertz CT molecular complexity index is 4530. The van der Waals surface area contributed by atoms with Crippen LogP contribution in [0.15, 0.2) is 207 Å². The van der Waals surface area contributed by atoms with E-state index in [1.807, 2.05) is 12.4 Å². The first-order chi connectivity index (χ1) is 46.1. The largest absolute Gasteiger partial charge is 0.489 e. The summed E-state index contributed by atoms with van der Waals surface area (Å²) < 4.78 is 41.6. The van der Waals surface area contributed by atoms with E-state index in [0.717, 1.165) is 73.3 Å². The fourth-order valence-electron chi connectivity index (χ4n) is 12.9. The van der Waals surface area contributed by atoms with E-state index in [1.165, 1.54) is 86.9 Å². The highest BCUT2D eigenvalue weighted by Crippen LogP contribution is 2.57. The number of ether oxygens (including phenoxy) is 6. The van der Waals surface area contributed by atoms with Crippen LogP contribution in [0.25, 0.3) is 64.6 Å². The Hall–Kier alpha value is -7.42. The Morgan fingerprint density at radius 2 is 0.625 bits per heavy atom. The van der Waals surface area contributed by atoms with Gasteiger partial charge in [0, 0.05) is 23.6 Å². The summed E-state index contributed by atoms with van der Waals surface area (Å²) in [4.78, 5) is 18.1. The number of fused-ring (bicyclic) bond motifs is 2. The highest BCUT2D eigenvalue weighted by atomic mass is 32.2. The molecule has 0 saturated carbocycles. The molecule has 0 fully saturated rings. The second-order valence-electron chi connectivity index (χ2n) is 29.3. The van der Waals surface area contributed by atoms with E-state index in [1.54, 1.807) is 47.0 Å². The maximum Gasteiger partial charge on any atom is 0.147 e. The summed E-state index contributed by atoms with van der Waals surface area (Å²) in [6.45, 7) is 31.3. The van der Waals surface area contributed by atoms with E-state index in [9.17, 15) is 0 Å². The van der Waals surface area contributed by atoms with E-state index in [0.29, 0.717) is 65.9 Å². The molecule has 8 nitrogen and oxygen atoms in total. The minimum atomic E-state index is -0.246. The number of aliphatic imine (C=N–C) groups is 2. The van der Waals surface area contributed by atoms with Crippen molar-refractivity contribution in [3.05, 3.63) is 191 Å². The highest BCUT2D eigenvalue weighted by Gasteiger charge is 2.31. The molecule has 2 aliphatic heterocycles. The molecule has 0 amide bonds. The monoisotopic (exact) mass is 1340 g/mol. The molecule has 14 rings (SSSR count). The number of hydrogen-bond acceptors (Lipinski definition) is 12. The molecule has 0 saturated heterocycles. The second kappa shape index (κ2) is 26.8. The van der Waals surface area contributed by atoms with Crippen LogP contribution in [0, 0.1) is 0 Å². The smallest absolute Gasteiger partial charge is 0.147 e. The van der Waals surface area contributed by atoms with Crippen LogP contribution in [0.2, 0.25) is 0 Å². The van der Waals surface area contributed by atoms with Crippen LogP contribution >= 0.6 is 47.0 Å². The van der Waals surface area contributed by atoms with Crippen molar-refractivity contribution in [3.63, 3.8) is 0 Å². The molecule has 0 aliphatic carbocycles. The van der Waals surface area contributed by atoms with Gasteiger partial charge in [0.05, 0.1) is 78.7 Å². The standard InChI is InChI=1S/C84H84N2O6S4/c1-81(2,3)59-41-65-77(89-33-31-85-49-57-25-23-55-21-19-51-15-13-17-53-27-29-63(57)75(55)73(51)53)66(42-59)94-70-46-62(84(10,11)12)48-72-80(70)92-40-38-88-36-35-87-37-39-91-79-69(93-65)45-61(83(7,8)9)47-71(79)95-67-43-60(82(4,5)6)44-68(96-72)78(67)90-34-32-86-50-58-26-24-56-22-20-52-16-14-18-54-28-30-64(58)76(56)74(52)54/h13-30,41-50H,31-40H2,1-12H3. The van der Waals surface area contributed by atoms with Gasteiger partial charge in [0.2, 0.25) is 0 Å². The van der Waals surface area contributed by atoms with Crippen LogP contribution in [-0.2, 0) is 31.1 Å². The maximum absolute atomic E-state index is 7.33. The minimum absolute atomic E-state index is 0.237. The van der Waals surface area contributed by atoms with Gasteiger partial charge in [-0.25, -0.2) is 0 Å². The summed E-state index contributed by atoms with van der Waals surface area (Å²) in [6, 6.07) is 58.5. The molecule has 12 aromatic carbocycles. The summed E-state index contributed by atoms with van der Waals surface area (Å²) in [5.41, 5.74) is 5.92. The summed E-state index contributed by atoms with van der Waals surface area (Å²) in [7, 11) is 0. The normalized spacial score (nSPS) is 14.8. The van der Waals surface area contributed by atoms with Crippen LogP contribution in [0.4, 0.5) is 0 Å². The molecule has 0 radical (unpaired) electrons. The molecule has 0 unspecified atom stereocenters. The maximum atomic E-state index is 7.33. The van der Waals surface area contributed by atoms with E-state index >= 15 is 0 Å². The van der Waals surface area contributed by atoms with Gasteiger partial charge in [-0.2, -0.15) is 0 Å². The molecule has 0 aromatic heterocycles. The average molecular weight is 1350 g/mol. The second-order valence-corrected chi connectivity index (χ2v) is 33.7. The third-order valence-corrected chi connectivity index (χ3v) is 22.5. The van der Waals surface area contributed by atoms with E-state index in [2.05, 4.69) is 241 Å². The molecule has 12 aromatic rings. The molecule has 0 atom stereocenters. The first-order valence-electron chi connectivity index (χ1n) is 33.6. The molecular weight excluding hydrogens is 1260 g/mol. The molecule has 96 heavy (non-hydrogen) atoms. The molecule has 12 heteroatoms. The van der Waals surface area contributed by atoms with Crippen molar-refractivity contribution >= 4 is 124 Å². The van der Waals surface area contributed by atoms with Gasteiger partial charge in [-0.3, -0.25) is 9.98 Å². The fraction of sp³-hybridized carbons (Fsp3) is 0.310. The van der Waals surface area contributed by atoms with Crippen molar-refractivity contribution < 1.29 is 28.4 Å². The Labute approximate surface area is 582 Å². The predicted molar refractivity (Wildman–Crippen MR) is 406 cm³/mol. The first kappa shape index (κ1) is 65.8. The predicted octanol–water partition coefficient (Wildman–Crippen LogP) is 22.4. The summed E-state index contributed by atoms with van der Waals surface area (Å²) >= 11 is 6.82. The van der Waals surface area contributed by atoms with Gasteiger partial charge in [-0.15, -0.1) is 0 Å².